The van der Waals surface area contributed by atoms with Crippen molar-refractivity contribution in [2.75, 3.05) is 20.6 Å². The molecule has 18 heavy (non-hydrogen) atoms. The van der Waals surface area contributed by atoms with Crippen molar-refractivity contribution in [1.29, 1.82) is 0 Å². The van der Waals surface area contributed by atoms with E-state index in [0.29, 0.717) is 13.1 Å². The average Bonchev–Trinajstić information content (AvgIpc) is 2.38. The minimum Gasteiger partial charge on any atom is -0.348 e. The van der Waals surface area contributed by atoms with E-state index < -0.39 is 0 Å². The lowest BCUT2D eigenvalue weighted by Gasteiger charge is -2.11. The molecule has 0 aliphatic heterocycles. The second-order valence-electron chi connectivity index (χ2n) is 4.42. The lowest BCUT2D eigenvalue weighted by atomic mass is 10.1. The van der Waals surface area contributed by atoms with Gasteiger partial charge in [0.2, 0.25) is 5.91 Å². The largest absolute Gasteiger partial charge is 0.348 e. The summed E-state index contributed by atoms with van der Waals surface area (Å²) >= 11 is 0. The zero-order valence-electron chi connectivity index (χ0n) is 10.7. The van der Waals surface area contributed by atoms with Crippen LogP contribution in [0.1, 0.15) is 5.56 Å². The van der Waals surface area contributed by atoms with Crippen LogP contribution in [0.3, 0.4) is 0 Å². The third-order valence-corrected chi connectivity index (χ3v) is 2.77. The van der Waals surface area contributed by atoms with E-state index in [9.17, 15) is 4.79 Å². The number of carbonyl (C=O) groups is 1. The molecule has 0 fully saturated rings. The molecule has 1 heterocycles. The van der Waals surface area contributed by atoms with Crippen molar-refractivity contribution in [2.45, 2.75) is 6.54 Å². The molecule has 2 aromatic rings. The molecule has 1 aromatic heterocycles. The van der Waals surface area contributed by atoms with Crippen molar-refractivity contribution >= 4 is 16.8 Å². The van der Waals surface area contributed by atoms with E-state index in [2.05, 4.69) is 16.4 Å². The molecule has 0 aliphatic carbocycles. The summed E-state index contributed by atoms with van der Waals surface area (Å²) in [6.45, 7) is 1.04. The highest BCUT2D eigenvalue weighted by molar-refractivity contribution is 5.79. The Morgan fingerprint density at radius 2 is 2.17 bits per heavy atom. The highest BCUT2D eigenvalue weighted by atomic mass is 16.2. The molecule has 1 amide bonds. The number of fused-ring (bicyclic) bond motifs is 1. The van der Waals surface area contributed by atoms with Gasteiger partial charge in [-0.1, -0.05) is 12.1 Å². The highest BCUT2D eigenvalue weighted by Gasteiger charge is 2.03. The van der Waals surface area contributed by atoms with Gasteiger partial charge >= 0.3 is 0 Å². The van der Waals surface area contributed by atoms with Crippen molar-refractivity contribution in [2.24, 2.45) is 0 Å². The molecule has 0 atom stereocenters. The molecule has 1 aromatic carbocycles. The molecule has 1 N–H and O–H groups in total. The Kier molecular flexibility index (Phi) is 3.89. The van der Waals surface area contributed by atoms with Gasteiger partial charge in [-0.3, -0.25) is 9.78 Å². The van der Waals surface area contributed by atoms with Gasteiger partial charge in [0.25, 0.3) is 0 Å². The topological polar surface area (TPSA) is 45.2 Å². The summed E-state index contributed by atoms with van der Waals surface area (Å²) < 4.78 is 0. The normalized spacial score (nSPS) is 10.6. The number of amides is 1. The molecule has 0 saturated carbocycles. The first-order valence-corrected chi connectivity index (χ1v) is 5.91. The predicted octanol–water partition coefficient (Wildman–Crippen LogP) is 1.41. The number of rotatable bonds is 4. The van der Waals surface area contributed by atoms with E-state index in [1.807, 2.05) is 24.3 Å². The zero-order valence-corrected chi connectivity index (χ0v) is 10.7. The van der Waals surface area contributed by atoms with Crippen LogP contribution >= 0.6 is 0 Å². The highest BCUT2D eigenvalue weighted by Crippen LogP contribution is 2.12. The number of hydrogen-bond donors (Lipinski definition) is 1. The Balaban J connectivity index is 1.98. The molecule has 2 rings (SSSR count). The van der Waals surface area contributed by atoms with Gasteiger partial charge in [-0.25, -0.2) is 0 Å². The van der Waals surface area contributed by atoms with Crippen molar-refractivity contribution in [3.05, 3.63) is 42.1 Å². The Morgan fingerprint density at radius 3 is 2.94 bits per heavy atom. The number of aromatic nitrogens is 1. The van der Waals surface area contributed by atoms with E-state index in [0.717, 1.165) is 16.5 Å². The summed E-state index contributed by atoms with van der Waals surface area (Å²) in [6, 6.07) is 10.1. The van der Waals surface area contributed by atoms with Gasteiger partial charge in [-0.2, -0.15) is 0 Å². The molecule has 94 valence electrons. The minimum absolute atomic E-state index is 0.0810. The van der Waals surface area contributed by atoms with Crippen LogP contribution < -0.4 is 5.32 Å². The lowest BCUT2D eigenvalue weighted by molar-refractivity contribution is -0.127. The molecular weight excluding hydrogens is 226 g/mol. The molecule has 0 unspecified atom stereocenters. The van der Waals surface area contributed by atoms with E-state index in [-0.39, 0.29) is 5.91 Å². The first-order chi connectivity index (χ1) is 8.66. The van der Waals surface area contributed by atoms with Crippen LogP contribution in [0.15, 0.2) is 36.5 Å². The Hall–Kier alpha value is -1.94. The summed E-state index contributed by atoms with van der Waals surface area (Å²) in [5.74, 6) is 0.0810. The summed E-state index contributed by atoms with van der Waals surface area (Å²) in [4.78, 5) is 17.3. The average molecular weight is 243 g/mol. The molecule has 4 nitrogen and oxygen atoms in total. The van der Waals surface area contributed by atoms with E-state index >= 15 is 0 Å². The molecule has 0 aliphatic rings. The lowest BCUT2D eigenvalue weighted by Crippen LogP contribution is -2.32. The third kappa shape index (κ3) is 3.05. The Bertz CT molecular complexity index is 551. The molecular formula is C14H17N3O. The van der Waals surface area contributed by atoms with Crippen LogP contribution in [0.25, 0.3) is 10.9 Å². The molecule has 0 radical (unpaired) electrons. The van der Waals surface area contributed by atoms with Crippen LogP contribution in [-0.2, 0) is 11.3 Å². The van der Waals surface area contributed by atoms with Gasteiger partial charge in [0.1, 0.15) is 0 Å². The maximum Gasteiger partial charge on any atom is 0.236 e. The van der Waals surface area contributed by atoms with Crippen LogP contribution in [0.4, 0.5) is 0 Å². The predicted molar refractivity (Wildman–Crippen MR) is 72.1 cm³/mol. The first-order valence-electron chi connectivity index (χ1n) is 5.91. The number of benzene rings is 1. The maximum absolute atomic E-state index is 11.4. The number of carbonyl (C=O) groups excluding carboxylic acids is 1. The van der Waals surface area contributed by atoms with Crippen LogP contribution in [0.5, 0.6) is 0 Å². The second kappa shape index (κ2) is 5.60. The standard InChI is InChI=1S/C14H17N3O/c1-17(2)14(18)10-15-9-11-5-6-13-12(8-11)4-3-7-16-13/h3-8,15H,9-10H2,1-2H3. The molecule has 4 heteroatoms. The van der Waals surface area contributed by atoms with Crippen LogP contribution in [-0.4, -0.2) is 36.4 Å². The number of nitrogens with zero attached hydrogens (tertiary/aromatic N) is 2. The molecule has 0 bridgehead atoms. The monoisotopic (exact) mass is 243 g/mol. The number of nitrogens with one attached hydrogen (secondary N) is 1. The molecule has 0 spiro atoms. The van der Waals surface area contributed by atoms with Crippen molar-refractivity contribution in [3.8, 4) is 0 Å². The number of pyridine rings is 1. The fraction of sp³-hybridized carbons (Fsp3) is 0.286. The maximum atomic E-state index is 11.4. The summed E-state index contributed by atoms with van der Waals surface area (Å²) in [5, 5.41) is 4.26. The van der Waals surface area contributed by atoms with Gasteiger partial charge in [0.05, 0.1) is 12.1 Å². The fourth-order valence-corrected chi connectivity index (χ4v) is 1.71. The SMILES string of the molecule is CN(C)C(=O)CNCc1ccc2ncccc2c1. The van der Waals surface area contributed by atoms with Crippen molar-refractivity contribution in [3.63, 3.8) is 0 Å². The van der Waals surface area contributed by atoms with E-state index in [4.69, 9.17) is 0 Å². The van der Waals surface area contributed by atoms with Gasteiger partial charge in [-0.05, 0) is 23.8 Å². The summed E-state index contributed by atoms with van der Waals surface area (Å²) in [7, 11) is 3.51. The smallest absolute Gasteiger partial charge is 0.236 e. The third-order valence-electron chi connectivity index (χ3n) is 2.77. The van der Waals surface area contributed by atoms with Crippen molar-refractivity contribution in [1.82, 2.24) is 15.2 Å². The Labute approximate surface area is 107 Å². The van der Waals surface area contributed by atoms with Gasteiger partial charge in [0.15, 0.2) is 0 Å². The number of hydrogen-bond acceptors (Lipinski definition) is 3. The second-order valence-corrected chi connectivity index (χ2v) is 4.42. The molecule has 0 saturated heterocycles. The summed E-state index contributed by atoms with van der Waals surface area (Å²) in [5.41, 5.74) is 2.15. The quantitative estimate of drug-likeness (QED) is 0.883. The van der Waals surface area contributed by atoms with Crippen LogP contribution in [0.2, 0.25) is 0 Å². The zero-order chi connectivity index (χ0) is 13.0. The van der Waals surface area contributed by atoms with Crippen molar-refractivity contribution < 1.29 is 4.79 Å². The number of likely N-dealkylation sites (N-methyl/N-ethyl adjacent to an activating group) is 1. The van der Waals surface area contributed by atoms with Gasteiger partial charge < -0.3 is 10.2 Å². The van der Waals surface area contributed by atoms with Gasteiger partial charge in [-0.15, -0.1) is 0 Å². The first kappa shape index (κ1) is 12.5. The van der Waals surface area contributed by atoms with E-state index in [1.54, 1.807) is 25.2 Å². The van der Waals surface area contributed by atoms with Gasteiger partial charge in [0, 0.05) is 32.2 Å². The summed E-state index contributed by atoms with van der Waals surface area (Å²) in [6.07, 6.45) is 1.79. The Morgan fingerprint density at radius 1 is 1.33 bits per heavy atom. The minimum atomic E-state index is 0.0810. The van der Waals surface area contributed by atoms with Crippen LogP contribution in [0, 0.1) is 0 Å². The fourth-order valence-electron chi connectivity index (χ4n) is 1.71. The van der Waals surface area contributed by atoms with E-state index in [1.165, 1.54) is 0 Å².